The summed E-state index contributed by atoms with van der Waals surface area (Å²) in [5, 5.41) is 13.6. The Hall–Kier alpha value is -2.71. The molecule has 2 aliphatic heterocycles. The Morgan fingerprint density at radius 3 is 2.79 bits per heavy atom. The SMILES string of the molecule is COc1c(F)cc(C(C)C)cc1C(C(=O)O)N1CC[C@@H](N(C)C(C)CCCCc2ccc3c(n2)NCCC3)C1. The van der Waals surface area contributed by atoms with Gasteiger partial charge in [-0.3, -0.25) is 14.6 Å². The number of nitrogens with zero attached hydrogens (tertiary/aromatic N) is 3. The summed E-state index contributed by atoms with van der Waals surface area (Å²) in [7, 11) is 3.54. The third-order valence-corrected chi connectivity index (χ3v) is 8.58. The number of pyridine rings is 1. The molecule has 1 aromatic carbocycles. The molecule has 2 unspecified atom stereocenters. The fourth-order valence-electron chi connectivity index (χ4n) is 6.03. The van der Waals surface area contributed by atoms with E-state index in [1.165, 1.54) is 25.2 Å². The Morgan fingerprint density at radius 2 is 2.08 bits per heavy atom. The number of ether oxygens (including phenoxy) is 1. The van der Waals surface area contributed by atoms with E-state index in [2.05, 4.69) is 36.3 Å². The lowest BCUT2D eigenvalue weighted by molar-refractivity contribution is -0.143. The van der Waals surface area contributed by atoms with Crippen LogP contribution in [0.3, 0.4) is 0 Å². The minimum Gasteiger partial charge on any atom is -0.493 e. The number of likely N-dealkylation sites (N-methyl/N-ethyl adjacent to an activating group) is 1. The van der Waals surface area contributed by atoms with Crippen molar-refractivity contribution in [3.8, 4) is 5.75 Å². The molecule has 2 N–H and O–H groups in total. The van der Waals surface area contributed by atoms with Crippen LogP contribution < -0.4 is 10.1 Å². The number of benzene rings is 1. The second-order valence-corrected chi connectivity index (χ2v) is 11.6. The minimum absolute atomic E-state index is 0.0289. The number of aromatic nitrogens is 1. The third kappa shape index (κ3) is 6.90. The lowest BCUT2D eigenvalue weighted by Gasteiger charge is -2.32. The van der Waals surface area contributed by atoms with Gasteiger partial charge in [-0.15, -0.1) is 0 Å². The maximum atomic E-state index is 14.9. The molecule has 0 radical (unpaired) electrons. The van der Waals surface area contributed by atoms with Crippen LogP contribution in [0.15, 0.2) is 24.3 Å². The number of halogens is 1. The summed E-state index contributed by atoms with van der Waals surface area (Å²) in [6, 6.07) is 7.34. The first-order chi connectivity index (χ1) is 18.7. The van der Waals surface area contributed by atoms with Crippen LogP contribution in [-0.2, 0) is 17.6 Å². The number of nitrogens with one attached hydrogen (secondary N) is 1. The smallest absolute Gasteiger partial charge is 0.325 e. The number of hydrogen-bond donors (Lipinski definition) is 2. The molecule has 1 aromatic heterocycles. The average Bonchev–Trinajstić information content (AvgIpc) is 3.39. The third-order valence-electron chi connectivity index (χ3n) is 8.58. The van der Waals surface area contributed by atoms with Crippen molar-refractivity contribution in [3.63, 3.8) is 0 Å². The van der Waals surface area contributed by atoms with Crippen molar-refractivity contribution in [2.75, 3.05) is 39.1 Å². The lowest BCUT2D eigenvalue weighted by Crippen LogP contribution is -2.41. The quantitative estimate of drug-likeness (QED) is 0.337. The Kier molecular flexibility index (Phi) is 9.83. The van der Waals surface area contributed by atoms with E-state index in [0.717, 1.165) is 62.1 Å². The highest BCUT2D eigenvalue weighted by Gasteiger charge is 2.38. The van der Waals surface area contributed by atoms with Crippen LogP contribution in [0.2, 0.25) is 0 Å². The van der Waals surface area contributed by atoms with E-state index in [-0.39, 0.29) is 17.7 Å². The zero-order chi connectivity index (χ0) is 28.1. The second-order valence-electron chi connectivity index (χ2n) is 11.6. The Bertz CT molecular complexity index is 1140. The number of carbonyl (C=O) groups is 1. The number of hydrogen-bond acceptors (Lipinski definition) is 6. The van der Waals surface area contributed by atoms with Crippen molar-refractivity contribution in [3.05, 3.63) is 52.5 Å². The molecule has 2 aliphatic rings. The number of anilines is 1. The van der Waals surface area contributed by atoms with Crippen LogP contribution >= 0.6 is 0 Å². The van der Waals surface area contributed by atoms with Crippen LogP contribution in [0, 0.1) is 5.82 Å². The molecule has 0 aliphatic carbocycles. The zero-order valence-corrected chi connectivity index (χ0v) is 24.2. The van der Waals surface area contributed by atoms with Gasteiger partial charge < -0.3 is 15.2 Å². The molecule has 0 spiro atoms. The first-order valence-electron chi connectivity index (χ1n) is 14.5. The summed E-state index contributed by atoms with van der Waals surface area (Å²) in [5.41, 5.74) is 3.66. The van der Waals surface area contributed by atoms with Gasteiger partial charge in [-0.25, -0.2) is 9.37 Å². The number of carboxylic acid groups (broad SMARTS) is 1. The predicted octanol–water partition coefficient (Wildman–Crippen LogP) is 5.64. The van der Waals surface area contributed by atoms with Crippen molar-refractivity contribution in [1.29, 1.82) is 0 Å². The first kappa shape index (κ1) is 29.3. The summed E-state index contributed by atoms with van der Waals surface area (Å²) in [6.45, 7) is 8.48. The topological polar surface area (TPSA) is 77.9 Å². The molecule has 2 aromatic rings. The van der Waals surface area contributed by atoms with E-state index in [0.29, 0.717) is 24.7 Å². The Morgan fingerprint density at radius 1 is 1.28 bits per heavy atom. The molecule has 1 fully saturated rings. The number of likely N-dealkylation sites (tertiary alicyclic amines) is 1. The standard InChI is InChI=1S/C31H45FN4O3/c1-20(2)23-17-26(29(39-5)27(32)18-23)28(31(37)38)36-16-14-25(19-36)35(4)21(3)9-6-7-11-24-13-12-22-10-8-15-33-30(22)34-24/h12-13,17-18,20-21,25,28H,6-11,14-16,19H2,1-5H3,(H,33,34)(H,37,38)/t21?,25-,28?/m1/s1. The van der Waals surface area contributed by atoms with Gasteiger partial charge in [-0.2, -0.15) is 0 Å². The molecule has 3 atom stereocenters. The maximum Gasteiger partial charge on any atom is 0.325 e. The molecule has 39 heavy (non-hydrogen) atoms. The van der Waals surface area contributed by atoms with Gasteiger partial charge in [-0.1, -0.05) is 26.3 Å². The lowest BCUT2D eigenvalue weighted by atomic mass is 9.95. The number of carboxylic acids is 1. The minimum atomic E-state index is -0.976. The van der Waals surface area contributed by atoms with Gasteiger partial charge in [0.1, 0.15) is 11.9 Å². The fraction of sp³-hybridized carbons (Fsp3) is 0.613. The molecule has 8 heteroatoms. The molecule has 214 valence electrons. The van der Waals surface area contributed by atoms with Crippen molar-refractivity contribution in [2.24, 2.45) is 0 Å². The molecule has 1 saturated heterocycles. The van der Waals surface area contributed by atoms with Crippen LogP contribution in [0.1, 0.15) is 87.2 Å². The van der Waals surface area contributed by atoms with E-state index in [4.69, 9.17) is 9.72 Å². The fourth-order valence-corrected chi connectivity index (χ4v) is 6.03. The van der Waals surface area contributed by atoms with Gasteiger partial charge in [0, 0.05) is 43.0 Å². The second kappa shape index (κ2) is 13.1. The van der Waals surface area contributed by atoms with Crippen molar-refractivity contribution in [2.45, 2.75) is 89.8 Å². The van der Waals surface area contributed by atoms with E-state index < -0.39 is 17.8 Å². The number of aliphatic carboxylic acids is 1. The molecule has 0 bridgehead atoms. The normalized spacial score (nSPS) is 19.1. The highest BCUT2D eigenvalue weighted by molar-refractivity contribution is 5.77. The molecular weight excluding hydrogens is 495 g/mol. The van der Waals surface area contributed by atoms with Gasteiger partial charge in [0.2, 0.25) is 0 Å². The van der Waals surface area contributed by atoms with Crippen molar-refractivity contribution >= 4 is 11.8 Å². The van der Waals surface area contributed by atoms with E-state index in [1.54, 1.807) is 6.07 Å². The summed E-state index contributed by atoms with van der Waals surface area (Å²) >= 11 is 0. The van der Waals surface area contributed by atoms with Gasteiger partial charge in [-0.05, 0) is 87.7 Å². The number of methoxy groups -OCH3 is 1. The molecule has 0 saturated carbocycles. The highest BCUT2D eigenvalue weighted by atomic mass is 19.1. The summed E-state index contributed by atoms with van der Waals surface area (Å²) in [6.07, 6.45) is 7.44. The largest absolute Gasteiger partial charge is 0.493 e. The monoisotopic (exact) mass is 540 g/mol. The van der Waals surface area contributed by atoms with E-state index in [9.17, 15) is 14.3 Å². The summed E-state index contributed by atoms with van der Waals surface area (Å²) in [5.74, 6) is -0.310. The van der Waals surface area contributed by atoms with Crippen molar-refractivity contribution in [1.82, 2.24) is 14.8 Å². The average molecular weight is 541 g/mol. The number of aryl methyl sites for hydroxylation is 2. The highest BCUT2D eigenvalue weighted by Crippen LogP contribution is 2.37. The molecular formula is C31H45FN4O3. The Balaban J connectivity index is 1.33. The van der Waals surface area contributed by atoms with Crippen LogP contribution in [0.5, 0.6) is 5.75 Å². The summed E-state index contributed by atoms with van der Waals surface area (Å²) < 4.78 is 20.2. The Labute approximate surface area is 232 Å². The van der Waals surface area contributed by atoms with Gasteiger partial charge in [0.25, 0.3) is 0 Å². The zero-order valence-electron chi connectivity index (χ0n) is 24.2. The predicted molar refractivity (Wildman–Crippen MR) is 153 cm³/mol. The molecule has 3 heterocycles. The van der Waals surface area contributed by atoms with Crippen LogP contribution in [-0.4, -0.2) is 71.7 Å². The number of unbranched alkanes of at least 4 members (excludes halogenated alkanes) is 1. The van der Waals surface area contributed by atoms with Crippen molar-refractivity contribution < 1.29 is 19.0 Å². The van der Waals surface area contributed by atoms with Crippen LogP contribution in [0.25, 0.3) is 0 Å². The van der Waals surface area contributed by atoms with E-state index >= 15 is 0 Å². The molecule has 0 amide bonds. The number of fused-ring (bicyclic) bond motifs is 1. The molecule has 7 nitrogen and oxygen atoms in total. The van der Waals surface area contributed by atoms with Gasteiger partial charge >= 0.3 is 5.97 Å². The maximum absolute atomic E-state index is 14.9. The summed E-state index contributed by atoms with van der Waals surface area (Å²) in [4.78, 5) is 21.7. The molecule has 4 rings (SSSR count). The van der Waals surface area contributed by atoms with Gasteiger partial charge in [0.05, 0.1) is 7.11 Å². The van der Waals surface area contributed by atoms with E-state index in [1.807, 2.05) is 18.7 Å². The number of rotatable bonds is 12. The first-order valence-corrected chi connectivity index (χ1v) is 14.5. The van der Waals surface area contributed by atoms with Gasteiger partial charge in [0.15, 0.2) is 11.6 Å². The van der Waals surface area contributed by atoms with Crippen LogP contribution in [0.4, 0.5) is 10.2 Å².